The first kappa shape index (κ1) is 15.3. The zero-order chi connectivity index (χ0) is 18.1. The Morgan fingerprint density at radius 3 is 2.81 bits per heavy atom. The molecule has 3 aromatic rings. The summed E-state index contributed by atoms with van der Waals surface area (Å²) < 4.78 is 20.5. The molecule has 4 nitrogen and oxygen atoms in total. The Morgan fingerprint density at radius 2 is 1.96 bits per heavy atom. The van der Waals surface area contributed by atoms with Gasteiger partial charge in [-0.2, -0.15) is 0 Å². The fraction of sp³-hybridized carbons (Fsp3) is 0.238. The third-order valence-corrected chi connectivity index (χ3v) is 5.78. The number of aromatic nitrogens is 1. The predicted octanol–water partition coefficient (Wildman–Crippen LogP) is 4.59. The molecule has 3 heterocycles. The number of aliphatic imine (C=N–C) groups is 1. The maximum atomic E-state index is 13.9. The van der Waals surface area contributed by atoms with Gasteiger partial charge in [0.2, 0.25) is 5.72 Å². The molecule has 26 heavy (non-hydrogen) atoms. The highest BCUT2D eigenvalue weighted by molar-refractivity contribution is 5.99. The highest BCUT2D eigenvalue weighted by atomic mass is 19.1. The topological polar surface area (TPSA) is 37.7 Å². The van der Waals surface area contributed by atoms with Gasteiger partial charge in [-0.05, 0) is 55.8 Å². The molecule has 5 heteroatoms. The third-order valence-electron chi connectivity index (χ3n) is 5.78. The predicted molar refractivity (Wildman–Crippen MR) is 101 cm³/mol. The number of anilines is 1. The first-order valence-electron chi connectivity index (χ1n) is 8.59. The van der Waals surface area contributed by atoms with Crippen molar-refractivity contribution in [3.63, 3.8) is 0 Å². The summed E-state index contributed by atoms with van der Waals surface area (Å²) in [5, 5.41) is 2.03. The fourth-order valence-electron chi connectivity index (χ4n) is 4.23. The average molecular weight is 347 g/mol. The van der Waals surface area contributed by atoms with Gasteiger partial charge in [0, 0.05) is 35.9 Å². The Bertz CT molecular complexity index is 1090. The molecule has 1 unspecified atom stereocenters. The molecular formula is C21H18FN3O. The fourth-order valence-corrected chi connectivity index (χ4v) is 4.23. The second-order valence-corrected chi connectivity index (χ2v) is 7.41. The summed E-state index contributed by atoms with van der Waals surface area (Å²) in [4.78, 5) is 11.0. The van der Waals surface area contributed by atoms with Gasteiger partial charge in [0.1, 0.15) is 17.3 Å². The smallest absolute Gasteiger partial charge is 0.228 e. The van der Waals surface area contributed by atoms with Crippen LogP contribution in [-0.4, -0.2) is 24.0 Å². The molecule has 0 aliphatic carbocycles. The van der Waals surface area contributed by atoms with Crippen molar-refractivity contribution in [2.24, 2.45) is 4.99 Å². The van der Waals surface area contributed by atoms with Gasteiger partial charge in [0.05, 0.1) is 11.6 Å². The van der Waals surface area contributed by atoms with E-state index in [1.165, 1.54) is 6.07 Å². The summed E-state index contributed by atoms with van der Waals surface area (Å²) >= 11 is 0. The molecule has 1 atom stereocenters. The standard InChI is InChI=1S/C21H18FN3O/c1-20(2)16-10-14(22)5-6-17(16)25(3)21(20)12-24-19-15-8-9-23-11-13(15)4-7-18(19)26-21/h4-12H,1-3H3. The molecule has 2 aromatic carbocycles. The number of hydrogen-bond acceptors (Lipinski definition) is 4. The van der Waals surface area contributed by atoms with Crippen LogP contribution in [0.2, 0.25) is 0 Å². The number of pyridine rings is 1. The Hall–Kier alpha value is -2.95. The minimum Gasteiger partial charge on any atom is -0.459 e. The Balaban J connectivity index is 1.71. The summed E-state index contributed by atoms with van der Waals surface area (Å²) in [6, 6.07) is 10.8. The van der Waals surface area contributed by atoms with E-state index in [0.29, 0.717) is 0 Å². The molecule has 0 bridgehead atoms. The van der Waals surface area contributed by atoms with E-state index in [1.807, 2.05) is 42.6 Å². The lowest BCUT2D eigenvalue weighted by Gasteiger charge is -2.44. The minimum absolute atomic E-state index is 0.242. The molecule has 2 aliphatic heterocycles. The average Bonchev–Trinajstić information content (AvgIpc) is 2.80. The lowest BCUT2D eigenvalue weighted by Crippen LogP contribution is -2.61. The van der Waals surface area contributed by atoms with Crippen molar-refractivity contribution in [2.45, 2.75) is 25.0 Å². The molecule has 1 aromatic heterocycles. The van der Waals surface area contributed by atoms with E-state index in [4.69, 9.17) is 9.73 Å². The number of likely N-dealkylation sites (N-methyl/N-ethyl adjacent to an activating group) is 1. The van der Waals surface area contributed by atoms with Crippen molar-refractivity contribution < 1.29 is 9.13 Å². The summed E-state index contributed by atoms with van der Waals surface area (Å²) in [7, 11) is 1.97. The van der Waals surface area contributed by atoms with Crippen LogP contribution >= 0.6 is 0 Å². The van der Waals surface area contributed by atoms with Crippen LogP contribution in [0.1, 0.15) is 19.4 Å². The lowest BCUT2D eigenvalue weighted by atomic mass is 9.77. The van der Waals surface area contributed by atoms with Crippen molar-refractivity contribution in [2.75, 3.05) is 11.9 Å². The van der Waals surface area contributed by atoms with E-state index < -0.39 is 11.1 Å². The van der Waals surface area contributed by atoms with E-state index in [1.54, 1.807) is 18.3 Å². The molecule has 2 aliphatic rings. The van der Waals surface area contributed by atoms with Crippen molar-refractivity contribution in [3.8, 4) is 5.75 Å². The molecule has 0 radical (unpaired) electrons. The molecule has 0 amide bonds. The number of nitrogens with zero attached hydrogens (tertiary/aromatic N) is 3. The molecule has 0 saturated heterocycles. The second kappa shape index (κ2) is 4.81. The number of ether oxygens (including phenoxy) is 1. The Labute approximate surface area is 151 Å². The summed E-state index contributed by atoms with van der Waals surface area (Å²) in [6.07, 6.45) is 5.43. The number of rotatable bonds is 0. The molecular weight excluding hydrogens is 329 g/mol. The zero-order valence-electron chi connectivity index (χ0n) is 14.8. The Kier molecular flexibility index (Phi) is 2.84. The first-order chi connectivity index (χ1) is 12.4. The molecule has 0 fully saturated rings. The summed E-state index contributed by atoms with van der Waals surface area (Å²) in [5.41, 5.74) is 1.39. The van der Waals surface area contributed by atoms with Gasteiger partial charge in [-0.1, -0.05) is 0 Å². The van der Waals surface area contributed by atoms with Gasteiger partial charge in [-0.15, -0.1) is 0 Å². The van der Waals surface area contributed by atoms with Gasteiger partial charge in [0.25, 0.3) is 0 Å². The van der Waals surface area contributed by atoms with Gasteiger partial charge >= 0.3 is 0 Å². The van der Waals surface area contributed by atoms with Crippen LogP contribution in [0.3, 0.4) is 0 Å². The van der Waals surface area contributed by atoms with E-state index in [2.05, 4.69) is 18.8 Å². The largest absolute Gasteiger partial charge is 0.459 e. The van der Waals surface area contributed by atoms with Crippen LogP contribution in [0.15, 0.2) is 53.8 Å². The van der Waals surface area contributed by atoms with Crippen LogP contribution in [0.4, 0.5) is 15.8 Å². The quantitative estimate of drug-likeness (QED) is 0.597. The number of hydrogen-bond donors (Lipinski definition) is 0. The first-order valence-corrected chi connectivity index (χ1v) is 8.59. The second-order valence-electron chi connectivity index (χ2n) is 7.41. The molecule has 1 spiro atoms. The zero-order valence-corrected chi connectivity index (χ0v) is 14.8. The molecule has 0 N–H and O–H groups in total. The summed E-state index contributed by atoms with van der Waals surface area (Å²) in [6.45, 7) is 4.13. The van der Waals surface area contributed by atoms with Crippen molar-refractivity contribution >= 4 is 28.4 Å². The van der Waals surface area contributed by atoms with E-state index in [9.17, 15) is 4.39 Å². The van der Waals surface area contributed by atoms with Crippen LogP contribution in [-0.2, 0) is 5.41 Å². The van der Waals surface area contributed by atoms with Gasteiger partial charge in [0.15, 0.2) is 0 Å². The van der Waals surface area contributed by atoms with Gasteiger partial charge in [-0.25, -0.2) is 4.39 Å². The Morgan fingerprint density at radius 1 is 1.12 bits per heavy atom. The highest BCUT2D eigenvalue weighted by Gasteiger charge is 2.58. The maximum absolute atomic E-state index is 13.9. The van der Waals surface area contributed by atoms with Crippen LogP contribution in [0.5, 0.6) is 5.75 Å². The highest BCUT2D eigenvalue weighted by Crippen LogP contribution is 2.54. The van der Waals surface area contributed by atoms with Crippen LogP contribution in [0.25, 0.3) is 10.8 Å². The van der Waals surface area contributed by atoms with Gasteiger partial charge < -0.3 is 9.64 Å². The van der Waals surface area contributed by atoms with E-state index in [0.717, 1.165) is 33.5 Å². The maximum Gasteiger partial charge on any atom is 0.228 e. The number of fused-ring (bicyclic) bond motifs is 4. The van der Waals surface area contributed by atoms with Crippen molar-refractivity contribution in [1.82, 2.24) is 4.98 Å². The monoisotopic (exact) mass is 347 g/mol. The number of halogens is 1. The normalized spacial score (nSPS) is 22.4. The lowest BCUT2D eigenvalue weighted by molar-refractivity contribution is 0.0826. The number of benzene rings is 2. The molecule has 130 valence electrons. The van der Waals surface area contributed by atoms with Crippen LogP contribution in [0, 0.1) is 5.82 Å². The summed E-state index contributed by atoms with van der Waals surface area (Å²) in [5.74, 6) is 0.480. The molecule has 5 rings (SSSR count). The molecule has 0 saturated carbocycles. The minimum atomic E-state index is -0.809. The van der Waals surface area contributed by atoms with E-state index in [-0.39, 0.29) is 5.82 Å². The van der Waals surface area contributed by atoms with Crippen LogP contribution < -0.4 is 9.64 Å². The SMILES string of the molecule is CN1c2ccc(F)cc2C(C)(C)C12C=Nc1c(ccc3cnccc13)O2. The van der Waals surface area contributed by atoms with Crippen molar-refractivity contribution in [3.05, 3.63) is 60.2 Å². The van der Waals surface area contributed by atoms with Gasteiger partial charge in [-0.3, -0.25) is 9.98 Å². The third kappa shape index (κ3) is 1.72. The van der Waals surface area contributed by atoms with Crippen molar-refractivity contribution in [1.29, 1.82) is 0 Å². The van der Waals surface area contributed by atoms with E-state index >= 15 is 0 Å².